The van der Waals surface area contributed by atoms with Gasteiger partial charge in [0, 0.05) is 45.1 Å². The van der Waals surface area contributed by atoms with Crippen LogP contribution in [0, 0.1) is 5.92 Å². The predicted octanol–water partition coefficient (Wildman–Crippen LogP) is 0.817. The maximum Gasteiger partial charge on any atom is 0.194 e. The molecule has 0 unspecified atom stereocenters. The van der Waals surface area contributed by atoms with Crippen LogP contribution in [0.3, 0.4) is 0 Å². The first-order valence-electron chi connectivity index (χ1n) is 7.38. The molecule has 0 aliphatic carbocycles. The third kappa shape index (κ3) is 4.52. The summed E-state index contributed by atoms with van der Waals surface area (Å²) in [6.07, 6.45) is 3.81. The number of hydrogen-bond donors (Lipinski definition) is 1. The summed E-state index contributed by atoms with van der Waals surface area (Å²) < 4.78 is 7.35. The second kappa shape index (κ2) is 7.89. The Morgan fingerprint density at radius 1 is 1.45 bits per heavy atom. The topological polar surface area (TPSA) is 54.7 Å². The van der Waals surface area contributed by atoms with E-state index in [1.54, 1.807) is 0 Å². The fourth-order valence-corrected chi connectivity index (χ4v) is 2.23. The van der Waals surface area contributed by atoms with Crippen molar-refractivity contribution in [3.8, 4) is 0 Å². The SMILES string of the molecule is CCNC(=NC[C@H](C)Cn1cccn1)N1CCOCC1. The molecule has 2 heterocycles. The highest BCUT2D eigenvalue weighted by Crippen LogP contribution is 2.03. The first-order valence-corrected chi connectivity index (χ1v) is 7.38. The van der Waals surface area contributed by atoms with Crippen LogP contribution in [0.4, 0.5) is 0 Å². The van der Waals surface area contributed by atoms with Gasteiger partial charge in [0.1, 0.15) is 0 Å². The molecule has 0 saturated carbocycles. The first-order chi connectivity index (χ1) is 9.79. The first kappa shape index (κ1) is 14.8. The highest BCUT2D eigenvalue weighted by molar-refractivity contribution is 5.80. The van der Waals surface area contributed by atoms with Crippen LogP contribution in [-0.4, -0.2) is 60.0 Å². The van der Waals surface area contributed by atoms with Crippen molar-refractivity contribution in [3.05, 3.63) is 18.5 Å². The largest absolute Gasteiger partial charge is 0.378 e. The maximum absolute atomic E-state index is 5.39. The molecule has 20 heavy (non-hydrogen) atoms. The second-order valence-corrected chi connectivity index (χ2v) is 5.13. The fraction of sp³-hybridized carbons (Fsp3) is 0.714. The Balaban J connectivity index is 1.87. The molecule has 1 aromatic rings. The molecule has 1 aromatic heterocycles. The van der Waals surface area contributed by atoms with E-state index in [0.29, 0.717) is 5.92 Å². The van der Waals surface area contributed by atoms with Crippen molar-refractivity contribution < 1.29 is 4.74 Å². The van der Waals surface area contributed by atoms with Crippen LogP contribution in [-0.2, 0) is 11.3 Å². The lowest BCUT2D eigenvalue weighted by atomic mass is 10.2. The van der Waals surface area contributed by atoms with E-state index in [4.69, 9.17) is 9.73 Å². The summed E-state index contributed by atoms with van der Waals surface area (Å²) in [5, 5.41) is 7.60. The Morgan fingerprint density at radius 3 is 2.90 bits per heavy atom. The van der Waals surface area contributed by atoms with Gasteiger partial charge in [-0.3, -0.25) is 9.67 Å². The molecule has 1 saturated heterocycles. The van der Waals surface area contributed by atoms with Gasteiger partial charge in [-0.05, 0) is 18.9 Å². The van der Waals surface area contributed by atoms with Crippen molar-refractivity contribution in [1.82, 2.24) is 20.0 Å². The van der Waals surface area contributed by atoms with Crippen LogP contribution < -0.4 is 5.32 Å². The van der Waals surface area contributed by atoms with Crippen molar-refractivity contribution in [2.75, 3.05) is 39.4 Å². The minimum Gasteiger partial charge on any atom is -0.378 e. The van der Waals surface area contributed by atoms with Gasteiger partial charge in [0.2, 0.25) is 0 Å². The summed E-state index contributed by atoms with van der Waals surface area (Å²) in [6, 6.07) is 1.95. The highest BCUT2D eigenvalue weighted by atomic mass is 16.5. The number of aromatic nitrogens is 2. The number of aliphatic imine (C=N–C) groups is 1. The minimum absolute atomic E-state index is 0.463. The molecule has 6 heteroatoms. The molecule has 0 radical (unpaired) electrons. The van der Waals surface area contributed by atoms with Gasteiger partial charge in [0.25, 0.3) is 0 Å². The standard InChI is InChI=1S/C14H25N5O/c1-3-15-14(18-7-9-20-10-8-18)16-11-13(2)12-19-6-4-5-17-19/h4-6,13H,3,7-12H2,1-2H3,(H,15,16)/t13-/m0/s1. The Hall–Kier alpha value is -1.56. The van der Waals surface area contributed by atoms with Gasteiger partial charge in [-0.1, -0.05) is 6.92 Å². The number of ether oxygens (including phenoxy) is 1. The van der Waals surface area contributed by atoms with E-state index in [1.165, 1.54) is 0 Å². The van der Waals surface area contributed by atoms with Crippen molar-refractivity contribution in [1.29, 1.82) is 0 Å². The molecule has 2 rings (SSSR count). The average Bonchev–Trinajstić information content (AvgIpc) is 2.97. The van der Waals surface area contributed by atoms with E-state index >= 15 is 0 Å². The second-order valence-electron chi connectivity index (χ2n) is 5.13. The van der Waals surface area contributed by atoms with E-state index in [2.05, 4.69) is 29.2 Å². The smallest absolute Gasteiger partial charge is 0.194 e. The molecule has 0 spiro atoms. The molecule has 0 aromatic carbocycles. The van der Waals surface area contributed by atoms with Crippen molar-refractivity contribution in [2.24, 2.45) is 10.9 Å². The predicted molar refractivity (Wildman–Crippen MR) is 79.8 cm³/mol. The van der Waals surface area contributed by atoms with E-state index in [9.17, 15) is 0 Å². The molecule has 6 nitrogen and oxygen atoms in total. The fourth-order valence-electron chi connectivity index (χ4n) is 2.23. The summed E-state index contributed by atoms with van der Waals surface area (Å²) in [7, 11) is 0. The normalized spacial score (nSPS) is 18.1. The Labute approximate surface area is 120 Å². The van der Waals surface area contributed by atoms with Gasteiger partial charge in [0.05, 0.1) is 13.2 Å². The quantitative estimate of drug-likeness (QED) is 0.640. The summed E-state index contributed by atoms with van der Waals surface area (Å²) in [5.74, 6) is 1.47. The molecule has 112 valence electrons. The van der Waals surface area contributed by atoms with Gasteiger partial charge in [0.15, 0.2) is 5.96 Å². The molecule has 1 aliphatic rings. The monoisotopic (exact) mass is 279 g/mol. The van der Waals surface area contributed by atoms with E-state index in [0.717, 1.165) is 51.9 Å². The molecule has 1 atom stereocenters. The minimum atomic E-state index is 0.463. The van der Waals surface area contributed by atoms with Crippen LogP contribution in [0.5, 0.6) is 0 Å². The lowest BCUT2D eigenvalue weighted by molar-refractivity contribution is 0.0664. The molecular weight excluding hydrogens is 254 g/mol. The maximum atomic E-state index is 5.39. The van der Waals surface area contributed by atoms with Gasteiger partial charge in [-0.25, -0.2) is 0 Å². The molecule has 1 fully saturated rings. The highest BCUT2D eigenvalue weighted by Gasteiger charge is 2.14. The Kier molecular flexibility index (Phi) is 5.86. The van der Waals surface area contributed by atoms with E-state index in [-0.39, 0.29) is 0 Å². The van der Waals surface area contributed by atoms with Crippen molar-refractivity contribution in [3.63, 3.8) is 0 Å². The van der Waals surface area contributed by atoms with Gasteiger partial charge >= 0.3 is 0 Å². The molecule has 0 amide bonds. The van der Waals surface area contributed by atoms with E-state index in [1.807, 2.05) is 23.1 Å². The molecule has 1 aliphatic heterocycles. The zero-order valence-corrected chi connectivity index (χ0v) is 12.5. The molecule has 0 bridgehead atoms. The van der Waals surface area contributed by atoms with Gasteiger partial charge in [-0.2, -0.15) is 5.10 Å². The van der Waals surface area contributed by atoms with Crippen LogP contribution in [0.1, 0.15) is 13.8 Å². The van der Waals surface area contributed by atoms with Crippen LogP contribution in [0.2, 0.25) is 0 Å². The number of hydrogen-bond acceptors (Lipinski definition) is 3. The Bertz CT molecular complexity index is 398. The summed E-state index contributed by atoms with van der Waals surface area (Å²) in [5.41, 5.74) is 0. The summed E-state index contributed by atoms with van der Waals surface area (Å²) >= 11 is 0. The van der Waals surface area contributed by atoms with Crippen LogP contribution >= 0.6 is 0 Å². The third-order valence-electron chi connectivity index (χ3n) is 3.26. The van der Waals surface area contributed by atoms with Crippen molar-refractivity contribution >= 4 is 5.96 Å². The lowest BCUT2D eigenvalue weighted by Gasteiger charge is -2.30. The van der Waals surface area contributed by atoms with E-state index < -0.39 is 0 Å². The molecule has 1 N–H and O–H groups in total. The van der Waals surface area contributed by atoms with Gasteiger partial charge in [-0.15, -0.1) is 0 Å². The zero-order chi connectivity index (χ0) is 14.2. The number of nitrogens with one attached hydrogen (secondary N) is 1. The third-order valence-corrected chi connectivity index (χ3v) is 3.26. The lowest BCUT2D eigenvalue weighted by Crippen LogP contribution is -2.47. The van der Waals surface area contributed by atoms with Crippen molar-refractivity contribution in [2.45, 2.75) is 20.4 Å². The zero-order valence-electron chi connectivity index (χ0n) is 12.5. The number of guanidine groups is 1. The molecular formula is C14H25N5O. The number of rotatable bonds is 5. The Morgan fingerprint density at radius 2 is 2.25 bits per heavy atom. The average molecular weight is 279 g/mol. The number of nitrogens with zero attached hydrogens (tertiary/aromatic N) is 4. The number of morpholine rings is 1. The van der Waals surface area contributed by atoms with Crippen LogP contribution in [0.15, 0.2) is 23.5 Å². The van der Waals surface area contributed by atoms with Crippen LogP contribution in [0.25, 0.3) is 0 Å². The summed E-state index contributed by atoms with van der Waals surface area (Å²) in [6.45, 7) is 10.3. The summed E-state index contributed by atoms with van der Waals surface area (Å²) in [4.78, 5) is 7.02. The van der Waals surface area contributed by atoms with Gasteiger partial charge < -0.3 is 15.0 Å².